The zero-order chi connectivity index (χ0) is 12.4. The maximum atomic E-state index is 11.8. The number of benzene rings is 1. The Hall–Kier alpha value is -1.29. The summed E-state index contributed by atoms with van der Waals surface area (Å²) in [7, 11) is 0. The number of aromatic nitrogens is 1. The first-order valence-corrected chi connectivity index (χ1v) is 6.43. The Labute approximate surface area is 108 Å². The fourth-order valence-electron chi connectivity index (χ4n) is 1.96. The van der Waals surface area contributed by atoms with Crippen LogP contribution in [0.3, 0.4) is 0 Å². The molecule has 2 aromatic rings. The first-order valence-electron chi connectivity index (χ1n) is 5.64. The van der Waals surface area contributed by atoms with E-state index in [0.717, 1.165) is 27.4 Å². The van der Waals surface area contributed by atoms with Gasteiger partial charge in [0.25, 0.3) is 0 Å². The molecule has 0 fully saturated rings. The van der Waals surface area contributed by atoms with Crippen LogP contribution in [0, 0.1) is 0 Å². The lowest BCUT2D eigenvalue weighted by Crippen LogP contribution is -2.07. The Morgan fingerprint density at radius 1 is 1.41 bits per heavy atom. The summed E-state index contributed by atoms with van der Waals surface area (Å²) in [6, 6.07) is 5.93. The number of halogens is 1. The van der Waals surface area contributed by atoms with E-state index in [1.807, 2.05) is 32.0 Å². The molecule has 17 heavy (non-hydrogen) atoms. The smallest absolute Gasteiger partial charge is 0.355 e. The monoisotopic (exact) mass is 295 g/mol. The minimum Gasteiger partial charge on any atom is -0.461 e. The van der Waals surface area contributed by atoms with Gasteiger partial charge in [-0.1, -0.05) is 22.9 Å². The van der Waals surface area contributed by atoms with Crippen LogP contribution >= 0.6 is 15.9 Å². The molecule has 0 spiro atoms. The van der Waals surface area contributed by atoms with Crippen molar-refractivity contribution in [2.45, 2.75) is 20.3 Å². The molecular formula is C13H14BrNO2. The van der Waals surface area contributed by atoms with Crippen LogP contribution in [0.1, 0.15) is 29.9 Å². The second kappa shape index (κ2) is 4.92. The fourth-order valence-corrected chi connectivity index (χ4v) is 2.33. The molecule has 0 aliphatic carbocycles. The lowest BCUT2D eigenvalue weighted by Gasteiger charge is -2.01. The number of nitrogens with one attached hydrogen (secondary N) is 1. The Kier molecular flexibility index (Phi) is 3.52. The lowest BCUT2D eigenvalue weighted by molar-refractivity contribution is 0.0519. The van der Waals surface area contributed by atoms with Gasteiger partial charge in [-0.2, -0.15) is 0 Å². The van der Waals surface area contributed by atoms with Crippen LogP contribution in [0.5, 0.6) is 0 Å². The van der Waals surface area contributed by atoms with E-state index in [1.54, 1.807) is 0 Å². The van der Waals surface area contributed by atoms with Crippen LogP contribution in [0.2, 0.25) is 0 Å². The normalized spacial score (nSPS) is 10.8. The van der Waals surface area contributed by atoms with Crippen LogP contribution in [0.4, 0.5) is 0 Å². The van der Waals surface area contributed by atoms with Crippen molar-refractivity contribution in [3.63, 3.8) is 0 Å². The van der Waals surface area contributed by atoms with Crippen LogP contribution in [-0.4, -0.2) is 17.6 Å². The van der Waals surface area contributed by atoms with Crippen molar-refractivity contribution in [3.05, 3.63) is 33.9 Å². The third kappa shape index (κ3) is 2.22. The highest BCUT2D eigenvalue weighted by molar-refractivity contribution is 9.10. The van der Waals surface area contributed by atoms with Gasteiger partial charge in [0.2, 0.25) is 0 Å². The fraction of sp³-hybridized carbons (Fsp3) is 0.308. The van der Waals surface area contributed by atoms with Gasteiger partial charge in [0.05, 0.1) is 6.61 Å². The molecule has 0 aliphatic rings. The van der Waals surface area contributed by atoms with E-state index >= 15 is 0 Å². The van der Waals surface area contributed by atoms with E-state index in [2.05, 4.69) is 20.9 Å². The highest BCUT2D eigenvalue weighted by Crippen LogP contribution is 2.26. The molecule has 0 bridgehead atoms. The summed E-state index contributed by atoms with van der Waals surface area (Å²) in [6.07, 6.45) is 0.796. The Morgan fingerprint density at radius 2 is 2.18 bits per heavy atom. The molecule has 1 N–H and O–H groups in total. The molecule has 0 amide bonds. The maximum Gasteiger partial charge on any atom is 0.355 e. The van der Waals surface area contributed by atoms with Gasteiger partial charge in [0, 0.05) is 15.4 Å². The summed E-state index contributed by atoms with van der Waals surface area (Å²) in [5.74, 6) is -0.281. The van der Waals surface area contributed by atoms with Crippen molar-refractivity contribution in [2.75, 3.05) is 6.61 Å². The number of aromatic amines is 1. The quantitative estimate of drug-likeness (QED) is 0.878. The number of ether oxygens (including phenoxy) is 1. The molecule has 2 rings (SSSR count). The average Bonchev–Trinajstić information content (AvgIpc) is 2.67. The standard InChI is InChI=1S/C13H14BrNO2/c1-3-9-10-7-8(14)5-6-11(10)15-12(9)13(16)17-4-2/h5-7,15H,3-4H2,1-2H3. The van der Waals surface area contributed by atoms with Crippen molar-refractivity contribution < 1.29 is 9.53 Å². The molecule has 1 heterocycles. The van der Waals surface area contributed by atoms with E-state index in [-0.39, 0.29) is 5.97 Å². The van der Waals surface area contributed by atoms with Gasteiger partial charge in [-0.05, 0) is 37.1 Å². The molecule has 4 heteroatoms. The second-order valence-corrected chi connectivity index (χ2v) is 4.66. The molecule has 3 nitrogen and oxygen atoms in total. The first-order chi connectivity index (χ1) is 8.17. The highest BCUT2D eigenvalue weighted by atomic mass is 79.9. The molecule has 90 valence electrons. The zero-order valence-corrected chi connectivity index (χ0v) is 11.4. The van der Waals surface area contributed by atoms with Crippen molar-refractivity contribution in [1.29, 1.82) is 0 Å². The van der Waals surface area contributed by atoms with Crippen molar-refractivity contribution in [1.82, 2.24) is 4.98 Å². The predicted molar refractivity (Wildman–Crippen MR) is 71.3 cm³/mol. The van der Waals surface area contributed by atoms with Gasteiger partial charge >= 0.3 is 5.97 Å². The minimum absolute atomic E-state index is 0.281. The lowest BCUT2D eigenvalue weighted by atomic mass is 10.1. The maximum absolute atomic E-state index is 11.8. The molecule has 0 atom stereocenters. The van der Waals surface area contributed by atoms with Crippen LogP contribution < -0.4 is 0 Å². The van der Waals surface area contributed by atoms with Crippen LogP contribution in [-0.2, 0) is 11.2 Å². The molecule has 1 aromatic carbocycles. The van der Waals surface area contributed by atoms with E-state index in [4.69, 9.17) is 4.74 Å². The number of fused-ring (bicyclic) bond motifs is 1. The summed E-state index contributed by atoms with van der Waals surface area (Å²) in [5.41, 5.74) is 2.55. The Bertz CT molecular complexity index is 560. The Balaban J connectivity index is 2.60. The molecule has 0 saturated heterocycles. The largest absolute Gasteiger partial charge is 0.461 e. The Morgan fingerprint density at radius 3 is 2.82 bits per heavy atom. The van der Waals surface area contributed by atoms with Gasteiger partial charge < -0.3 is 9.72 Å². The van der Waals surface area contributed by atoms with E-state index in [9.17, 15) is 4.79 Å². The molecule has 1 aromatic heterocycles. The third-order valence-electron chi connectivity index (χ3n) is 2.70. The SMILES string of the molecule is CCOC(=O)c1[nH]c2ccc(Br)cc2c1CC. The number of hydrogen-bond acceptors (Lipinski definition) is 2. The zero-order valence-electron chi connectivity index (χ0n) is 9.84. The number of carbonyl (C=O) groups excluding carboxylic acids is 1. The van der Waals surface area contributed by atoms with Gasteiger partial charge in [-0.25, -0.2) is 4.79 Å². The third-order valence-corrected chi connectivity index (χ3v) is 3.19. The van der Waals surface area contributed by atoms with E-state index in [1.165, 1.54) is 0 Å². The number of esters is 1. The second-order valence-electron chi connectivity index (χ2n) is 3.74. The van der Waals surface area contributed by atoms with Crippen molar-refractivity contribution in [2.24, 2.45) is 0 Å². The van der Waals surface area contributed by atoms with E-state index in [0.29, 0.717) is 12.3 Å². The van der Waals surface area contributed by atoms with Crippen molar-refractivity contribution >= 4 is 32.8 Å². The summed E-state index contributed by atoms with van der Waals surface area (Å²) in [6.45, 7) is 4.23. The first kappa shape index (κ1) is 12.2. The minimum atomic E-state index is -0.281. The number of carbonyl (C=O) groups is 1. The summed E-state index contributed by atoms with van der Waals surface area (Å²) in [5, 5.41) is 1.07. The summed E-state index contributed by atoms with van der Waals surface area (Å²) < 4.78 is 6.06. The molecule has 0 aliphatic heterocycles. The number of H-pyrrole nitrogens is 1. The number of rotatable bonds is 3. The molecule has 0 unspecified atom stereocenters. The highest BCUT2D eigenvalue weighted by Gasteiger charge is 2.17. The summed E-state index contributed by atoms with van der Waals surface area (Å²) in [4.78, 5) is 14.9. The van der Waals surface area contributed by atoms with Crippen molar-refractivity contribution in [3.8, 4) is 0 Å². The average molecular weight is 296 g/mol. The van der Waals surface area contributed by atoms with Crippen LogP contribution in [0.15, 0.2) is 22.7 Å². The number of aryl methyl sites for hydroxylation is 1. The van der Waals surface area contributed by atoms with E-state index < -0.39 is 0 Å². The van der Waals surface area contributed by atoms with Gasteiger partial charge in [0.15, 0.2) is 0 Å². The van der Waals surface area contributed by atoms with Gasteiger partial charge in [-0.3, -0.25) is 0 Å². The molecule has 0 saturated carbocycles. The topological polar surface area (TPSA) is 42.1 Å². The van der Waals surface area contributed by atoms with Gasteiger partial charge in [-0.15, -0.1) is 0 Å². The van der Waals surface area contributed by atoms with Gasteiger partial charge in [0.1, 0.15) is 5.69 Å². The van der Waals surface area contributed by atoms with Crippen LogP contribution in [0.25, 0.3) is 10.9 Å². The molecule has 0 radical (unpaired) electrons. The predicted octanol–water partition coefficient (Wildman–Crippen LogP) is 3.67. The number of hydrogen-bond donors (Lipinski definition) is 1. The molecular weight excluding hydrogens is 282 g/mol. The summed E-state index contributed by atoms with van der Waals surface area (Å²) >= 11 is 3.44.